The van der Waals surface area contributed by atoms with Gasteiger partial charge in [-0.3, -0.25) is 0 Å². The summed E-state index contributed by atoms with van der Waals surface area (Å²) in [5.41, 5.74) is 9.74. The Morgan fingerprint density at radius 1 is 0.419 bits per heavy atom. The van der Waals surface area contributed by atoms with Crippen molar-refractivity contribution in [3.05, 3.63) is 146 Å². The first-order valence-corrected chi connectivity index (χ1v) is 14.5. The van der Waals surface area contributed by atoms with Crippen molar-refractivity contribution in [1.29, 1.82) is 0 Å². The molecular formula is C40H24N2O. The van der Waals surface area contributed by atoms with Gasteiger partial charge < -0.3 is 4.42 Å². The van der Waals surface area contributed by atoms with Crippen molar-refractivity contribution >= 4 is 54.5 Å². The van der Waals surface area contributed by atoms with Gasteiger partial charge >= 0.3 is 0 Å². The fourth-order valence-electron chi connectivity index (χ4n) is 6.39. The smallest absolute Gasteiger partial charge is 0.143 e. The number of furan rings is 1. The summed E-state index contributed by atoms with van der Waals surface area (Å²) in [6.45, 7) is 0. The number of hydrogen-bond donors (Lipinski definition) is 0. The van der Waals surface area contributed by atoms with Gasteiger partial charge in [-0.15, -0.1) is 0 Å². The summed E-state index contributed by atoms with van der Waals surface area (Å²) < 4.78 is 6.44. The summed E-state index contributed by atoms with van der Waals surface area (Å²) in [6, 6.07) is 50.7. The number of hydrogen-bond acceptors (Lipinski definition) is 3. The van der Waals surface area contributed by atoms with Gasteiger partial charge in [0.2, 0.25) is 0 Å². The van der Waals surface area contributed by atoms with Gasteiger partial charge in [0, 0.05) is 32.7 Å². The van der Waals surface area contributed by atoms with Crippen LogP contribution in [0.4, 0.5) is 0 Å². The lowest BCUT2D eigenvalue weighted by molar-refractivity contribution is 0.673. The highest BCUT2D eigenvalue weighted by Gasteiger charge is 2.17. The van der Waals surface area contributed by atoms with Crippen LogP contribution in [0.1, 0.15) is 0 Å². The number of nitrogens with zero attached hydrogens (tertiary/aromatic N) is 2. The maximum atomic E-state index is 6.44. The predicted octanol–water partition coefficient (Wildman–Crippen LogP) is 10.8. The van der Waals surface area contributed by atoms with Gasteiger partial charge in [0.1, 0.15) is 11.2 Å². The van der Waals surface area contributed by atoms with E-state index < -0.39 is 0 Å². The molecule has 7 aromatic carbocycles. The average Bonchev–Trinajstić information content (AvgIpc) is 3.47. The van der Waals surface area contributed by atoms with Crippen LogP contribution >= 0.6 is 0 Å². The molecule has 3 nitrogen and oxygen atoms in total. The predicted molar refractivity (Wildman–Crippen MR) is 178 cm³/mol. The van der Waals surface area contributed by atoms with Crippen LogP contribution in [0.5, 0.6) is 0 Å². The van der Waals surface area contributed by atoms with Crippen LogP contribution in [0.15, 0.2) is 150 Å². The first-order chi connectivity index (χ1) is 21.3. The summed E-state index contributed by atoms with van der Waals surface area (Å²) >= 11 is 0. The molecule has 2 aromatic heterocycles. The monoisotopic (exact) mass is 548 g/mol. The van der Waals surface area contributed by atoms with Gasteiger partial charge in [-0.1, -0.05) is 127 Å². The molecule has 0 N–H and O–H groups in total. The fourth-order valence-corrected chi connectivity index (χ4v) is 6.39. The Morgan fingerprint density at radius 3 is 1.98 bits per heavy atom. The molecule has 2 heterocycles. The maximum Gasteiger partial charge on any atom is 0.143 e. The molecule has 9 rings (SSSR count). The zero-order valence-corrected chi connectivity index (χ0v) is 23.2. The Hall–Kier alpha value is -5.80. The lowest BCUT2D eigenvalue weighted by Crippen LogP contribution is -1.96. The van der Waals surface area contributed by atoms with Crippen LogP contribution in [-0.4, -0.2) is 9.97 Å². The molecule has 0 saturated carbocycles. The molecule has 0 aliphatic heterocycles. The maximum absolute atomic E-state index is 6.44. The molecule has 43 heavy (non-hydrogen) atoms. The van der Waals surface area contributed by atoms with E-state index in [4.69, 9.17) is 14.4 Å². The van der Waals surface area contributed by atoms with Crippen molar-refractivity contribution < 1.29 is 4.42 Å². The zero-order valence-electron chi connectivity index (χ0n) is 23.2. The molecule has 0 amide bonds. The highest BCUT2D eigenvalue weighted by molar-refractivity contribution is 6.19. The number of para-hydroxylation sites is 1. The third-order valence-electron chi connectivity index (χ3n) is 8.46. The lowest BCUT2D eigenvalue weighted by Gasteiger charge is -2.13. The second kappa shape index (κ2) is 9.37. The standard InChI is InChI=1S/C40H24N2O/c1-2-10-28(11-3-1)37-38(42-39-31-13-5-4-9-25(31)22-24-34(39)41-37)29-19-17-26(18-20-29)30-15-8-12-27-21-23-33-32-14-6-7-16-35(32)43-40(33)36(27)30/h1-24H. The molecule has 0 radical (unpaired) electrons. The van der Waals surface area contributed by atoms with E-state index in [1.165, 1.54) is 0 Å². The molecule has 0 bridgehead atoms. The van der Waals surface area contributed by atoms with Crippen LogP contribution in [0.3, 0.4) is 0 Å². The number of benzene rings is 7. The fraction of sp³-hybridized carbons (Fsp3) is 0. The normalized spacial score (nSPS) is 11.7. The molecule has 200 valence electrons. The molecular weight excluding hydrogens is 524 g/mol. The van der Waals surface area contributed by atoms with Crippen molar-refractivity contribution in [2.24, 2.45) is 0 Å². The van der Waals surface area contributed by atoms with Crippen LogP contribution in [0.2, 0.25) is 0 Å². The van der Waals surface area contributed by atoms with Gasteiger partial charge in [0.15, 0.2) is 0 Å². The molecule has 0 aliphatic carbocycles. The highest BCUT2D eigenvalue weighted by atomic mass is 16.3. The zero-order chi connectivity index (χ0) is 28.3. The van der Waals surface area contributed by atoms with Crippen LogP contribution in [0.25, 0.3) is 88.2 Å². The Labute approximate surface area is 247 Å². The minimum absolute atomic E-state index is 0.874. The van der Waals surface area contributed by atoms with Gasteiger partial charge in [0.05, 0.1) is 22.4 Å². The van der Waals surface area contributed by atoms with Crippen molar-refractivity contribution in [3.63, 3.8) is 0 Å². The van der Waals surface area contributed by atoms with E-state index in [-0.39, 0.29) is 0 Å². The Balaban J connectivity index is 1.25. The second-order valence-electron chi connectivity index (χ2n) is 11.0. The Morgan fingerprint density at radius 2 is 1.09 bits per heavy atom. The van der Waals surface area contributed by atoms with Crippen molar-refractivity contribution in [1.82, 2.24) is 9.97 Å². The number of aromatic nitrogens is 2. The Kier molecular flexibility index (Phi) is 5.20. The van der Waals surface area contributed by atoms with Gasteiger partial charge in [-0.2, -0.15) is 0 Å². The second-order valence-corrected chi connectivity index (χ2v) is 11.0. The molecule has 0 unspecified atom stereocenters. The first kappa shape index (κ1) is 23.9. The summed E-state index contributed by atoms with van der Waals surface area (Å²) in [7, 11) is 0. The number of rotatable bonds is 3. The summed E-state index contributed by atoms with van der Waals surface area (Å²) in [5, 5.41) is 6.83. The molecule has 0 saturated heterocycles. The van der Waals surface area contributed by atoms with Gasteiger partial charge in [0.25, 0.3) is 0 Å². The van der Waals surface area contributed by atoms with E-state index in [0.29, 0.717) is 0 Å². The SMILES string of the molecule is c1ccc(-c2nc3ccc4ccccc4c3nc2-c2ccc(-c3cccc4ccc5c6ccccc6oc5c34)cc2)cc1. The Bertz CT molecular complexity index is 2490. The van der Waals surface area contributed by atoms with Crippen LogP contribution in [0, 0.1) is 0 Å². The van der Waals surface area contributed by atoms with Gasteiger partial charge in [-0.25, -0.2) is 9.97 Å². The number of fused-ring (bicyclic) bond motifs is 8. The van der Waals surface area contributed by atoms with Gasteiger partial charge in [-0.05, 0) is 40.1 Å². The lowest BCUT2D eigenvalue weighted by atomic mass is 9.95. The van der Waals surface area contributed by atoms with Crippen LogP contribution < -0.4 is 0 Å². The first-order valence-electron chi connectivity index (χ1n) is 14.5. The minimum Gasteiger partial charge on any atom is -0.455 e. The summed E-state index contributed by atoms with van der Waals surface area (Å²) in [6.07, 6.45) is 0. The molecule has 0 atom stereocenters. The van der Waals surface area contributed by atoms with Crippen molar-refractivity contribution in [3.8, 4) is 33.6 Å². The molecule has 3 heteroatoms. The summed E-state index contributed by atoms with van der Waals surface area (Å²) in [4.78, 5) is 10.5. The van der Waals surface area contributed by atoms with Crippen molar-refractivity contribution in [2.45, 2.75) is 0 Å². The van der Waals surface area contributed by atoms with Crippen LogP contribution in [-0.2, 0) is 0 Å². The van der Waals surface area contributed by atoms with E-state index in [1.54, 1.807) is 0 Å². The quantitative estimate of drug-likeness (QED) is 0.206. The van der Waals surface area contributed by atoms with Crippen molar-refractivity contribution in [2.75, 3.05) is 0 Å². The van der Waals surface area contributed by atoms with E-state index in [9.17, 15) is 0 Å². The minimum atomic E-state index is 0.874. The average molecular weight is 549 g/mol. The van der Waals surface area contributed by atoms with E-state index in [0.717, 1.165) is 88.2 Å². The van der Waals surface area contributed by atoms with E-state index in [1.807, 2.05) is 30.3 Å². The van der Waals surface area contributed by atoms with E-state index in [2.05, 4.69) is 115 Å². The molecule has 9 aromatic rings. The van der Waals surface area contributed by atoms with E-state index >= 15 is 0 Å². The highest BCUT2D eigenvalue weighted by Crippen LogP contribution is 2.40. The molecule has 0 aliphatic rings. The largest absolute Gasteiger partial charge is 0.455 e. The summed E-state index contributed by atoms with van der Waals surface area (Å²) in [5.74, 6) is 0. The molecule has 0 spiro atoms. The third-order valence-corrected chi connectivity index (χ3v) is 8.46. The molecule has 0 fully saturated rings. The third kappa shape index (κ3) is 3.75. The topological polar surface area (TPSA) is 38.9 Å².